The van der Waals surface area contributed by atoms with Gasteiger partial charge in [-0.3, -0.25) is 4.79 Å². The predicted molar refractivity (Wildman–Crippen MR) is 88.1 cm³/mol. The van der Waals surface area contributed by atoms with Gasteiger partial charge in [-0.1, -0.05) is 11.3 Å². The Balaban J connectivity index is 1.73. The summed E-state index contributed by atoms with van der Waals surface area (Å²) in [7, 11) is 0. The Morgan fingerprint density at radius 1 is 1.33 bits per heavy atom. The Bertz CT molecular complexity index is 1040. The number of anilines is 1. The third-order valence-corrected chi connectivity index (χ3v) is 4.33. The van der Waals surface area contributed by atoms with Gasteiger partial charge < -0.3 is 9.73 Å². The molecule has 0 unspecified atom stereocenters. The second-order valence-electron chi connectivity index (χ2n) is 5.12. The van der Waals surface area contributed by atoms with Gasteiger partial charge in [-0.15, -0.1) is 0 Å². The standard InChI is InChI=1S/C16H11FN4O2S/c1-9-7-14(19-15(22)12-3-2-6-23-12)21(20-9)16-18-11-5-4-10(17)8-13(11)24-16/h2-8H,1H3,(H,19,22). The highest BCUT2D eigenvalue weighted by atomic mass is 32.1. The molecule has 4 aromatic rings. The zero-order valence-electron chi connectivity index (χ0n) is 12.5. The van der Waals surface area contributed by atoms with Gasteiger partial charge in [-0.2, -0.15) is 9.78 Å². The largest absolute Gasteiger partial charge is 0.459 e. The number of hydrogen-bond acceptors (Lipinski definition) is 5. The fourth-order valence-electron chi connectivity index (χ4n) is 2.30. The minimum absolute atomic E-state index is 0.201. The Labute approximate surface area is 139 Å². The predicted octanol–water partition coefficient (Wildman–Crippen LogP) is 3.77. The summed E-state index contributed by atoms with van der Waals surface area (Å²) in [6.07, 6.45) is 1.43. The van der Waals surface area contributed by atoms with E-state index in [0.29, 0.717) is 21.2 Å². The van der Waals surface area contributed by atoms with Crippen LogP contribution in [0.5, 0.6) is 0 Å². The molecule has 0 spiro atoms. The summed E-state index contributed by atoms with van der Waals surface area (Å²) in [4.78, 5) is 16.6. The summed E-state index contributed by atoms with van der Waals surface area (Å²) in [6, 6.07) is 9.34. The van der Waals surface area contributed by atoms with Crippen LogP contribution in [-0.4, -0.2) is 20.7 Å². The number of furan rings is 1. The third kappa shape index (κ3) is 2.56. The molecule has 0 saturated heterocycles. The van der Waals surface area contributed by atoms with E-state index in [0.717, 1.165) is 5.69 Å². The summed E-state index contributed by atoms with van der Waals surface area (Å²) >= 11 is 1.29. The number of nitrogens with one attached hydrogen (secondary N) is 1. The van der Waals surface area contributed by atoms with Crippen molar-refractivity contribution in [2.75, 3.05) is 5.32 Å². The Morgan fingerprint density at radius 2 is 2.21 bits per heavy atom. The van der Waals surface area contributed by atoms with Crippen LogP contribution >= 0.6 is 11.3 Å². The van der Waals surface area contributed by atoms with Crippen LogP contribution in [-0.2, 0) is 0 Å². The highest BCUT2D eigenvalue weighted by Gasteiger charge is 2.16. The molecule has 0 aliphatic heterocycles. The lowest BCUT2D eigenvalue weighted by molar-refractivity contribution is 0.0996. The maximum absolute atomic E-state index is 13.3. The van der Waals surface area contributed by atoms with E-state index in [9.17, 15) is 9.18 Å². The van der Waals surface area contributed by atoms with Crippen molar-refractivity contribution in [2.45, 2.75) is 6.92 Å². The van der Waals surface area contributed by atoms with Crippen LogP contribution in [0.3, 0.4) is 0 Å². The van der Waals surface area contributed by atoms with E-state index in [1.165, 1.54) is 34.4 Å². The molecule has 24 heavy (non-hydrogen) atoms. The van der Waals surface area contributed by atoms with Crippen molar-refractivity contribution < 1.29 is 13.6 Å². The van der Waals surface area contributed by atoms with Crippen molar-refractivity contribution >= 4 is 33.3 Å². The number of fused-ring (bicyclic) bond motifs is 1. The number of carbonyl (C=O) groups is 1. The average molecular weight is 342 g/mol. The molecule has 0 saturated carbocycles. The quantitative estimate of drug-likeness (QED) is 0.615. The molecule has 0 fully saturated rings. The van der Waals surface area contributed by atoms with Gasteiger partial charge in [0.15, 0.2) is 5.76 Å². The summed E-state index contributed by atoms with van der Waals surface area (Å²) in [5.41, 5.74) is 1.39. The van der Waals surface area contributed by atoms with Gasteiger partial charge in [0, 0.05) is 6.07 Å². The lowest BCUT2D eigenvalue weighted by Crippen LogP contribution is -2.14. The highest BCUT2D eigenvalue weighted by Crippen LogP contribution is 2.28. The first-order chi connectivity index (χ1) is 11.6. The molecule has 0 aliphatic carbocycles. The molecule has 120 valence electrons. The fraction of sp³-hybridized carbons (Fsp3) is 0.0625. The number of amides is 1. The van der Waals surface area contributed by atoms with Crippen molar-refractivity contribution in [2.24, 2.45) is 0 Å². The minimum atomic E-state index is -0.381. The second-order valence-corrected chi connectivity index (χ2v) is 6.13. The molecule has 1 aromatic carbocycles. The SMILES string of the molecule is Cc1cc(NC(=O)c2ccco2)n(-c2nc3ccc(F)cc3s2)n1. The van der Waals surface area contributed by atoms with Gasteiger partial charge in [0.1, 0.15) is 11.6 Å². The van der Waals surface area contributed by atoms with E-state index >= 15 is 0 Å². The number of halogens is 1. The number of hydrogen-bond donors (Lipinski definition) is 1. The number of nitrogens with zero attached hydrogens (tertiary/aromatic N) is 3. The van der Waals surface area contributed by atoms with Crippen LogP contribution < -0.4 is 5.32 Å². The molecular formula is C16H11FN4O2S. The molecule has 6 nitrogen and oxygen atoms in total. The molecule has 1 N–H and O–H groups in total. The molecule has 4 rings (SSSR count). The van der Waals surface area contributed by atoms with E-state index in [4.69, 9.17) is 4.42 Å². The molecule has 0 bridgehead atoms. The van der Waals surface area contributed by atoms with Crippen molar-refractivity contribution in [3.8, 4) is 5.13 Å². The Hall–Kier alpha value is -3.00. The summed E-state index contributed by atoms with van der Waals surface area (Å²) in [5, 5.41) is 7.65. The first kappa shape index (κ1) is 14.6. The fourth-order valence-corrected chi connectivity index (χ4v) is 3.25. The van der Waals surface area contributed by atoms with Crippen LogP contribution in [0.1, 0.15) is 16.2 Å². The van der Waals surface area contributed by atoms with E-state index in [2.05, 4.69) is 15.4 Å². The topological polar surface area (TPSA) is 73.0 Å². The first-order valence-electron chi connectivity index (χ1n) is 7.08. The number of thiazole rings is 1. The van der Waals surface area contributed by atoms with Crippen LogP contribution in [0, 0.1) is 12.7 Å². The summed E-state index contributed by atoms with van der Waals surface area (Å²) in [5.74, 6) is -0.0331. The smallest absolute Gasteiger partial charge is 0.292 e. The van der Waals surface area contributed by atoms with Crippen molar-refractivity contribution in [3.05, 3.63) is 59.9 Å². The number of benzene rings is 1. The highest BCUT2D eigenvalue weighted by molar-refractivity contribution is 7.20. The van der Waals surface area contributed by atoms with Crippen molar-refractivity contribution in [1.29, 1.82) is 0 Å². The second kappa shape index (κ2) is 5.57. The van der Waals surface area contributed by atoms with Crippen LogP contribution in [0.15, 0.2) is 47.1 Å². The minimum Gasteiger partial charge on any atom is -0.459 e. The van der Waals surface area contributed by atoms with E-state index in [1.807, 2.05) is 6.92 Å². The number of aryl methyl sites for hydroxylation is 1. The molecule has 3 aromatic heterocycles. The van der Waals surface area contributed by atoms with Crippen molar-refractivity contribution in [3.63, 3.8) is 0 Å². The molecule has 1 amide bonds. The third-order valence-electron chi connectivity index (χ3n) is 3.34. The molecule has 0 aliphatic rings. The Morgan fingerprint density at radius 3 is 3.00 bits per heavy atom. The average Bonchev–Trinajstić information content (AvgIpc) is 3.25. The monoisotopic (exact) mass is 342 g/mol. The number of aromatic nitrogens is 3. The van der Waals surface area contributed by atoms with Crippen LogP contribution in [0.25, 0.3) is 15.3 Å². The first-order valence-corrected chi connectivity index (χ1v) is 7.90. The Kier molecular flexibility index (Phi) is 3.39. The van der Waals surface area contributed by atoms with Gasteiger partial charge >= 0.3 is 0 Å². The number of rotatable bonds is 3. The maximum Gasteiger partial charge on any atom is 0.292 e. The van der Waals surface area contributed by atoms with E-state index < -0.39 is 0 Å². The summed E-state index contributed by atoms with van der Waals surface area (Å²) in [6.45, 7) is 1.81. The molecule has 8 heteroatoms. The van der Waals surface area contributed by atoms with Gasteiger partial charge in [0.25, 0.3) is 5.91 Å². The lowest BCUT2D eigenvalue weighted by atomic mass is 10.3. The molecular weight excluding hydrogens is 331 g/mol. The van der Waals surface area contributed by atoms with Crippen molar-refractivity contribution in [1.82, 2.24) is 14.8 Å². The normalized spacial score (nSPS) is 11.1. The molecule has 3 heterocycles. The van der Waals surface area contributed by atoms with E-state index in [1.54, 1.807) is 24.3 Å². The van der Waals surface area contributed by atoms with Gasteiger partial charge in [-0.25, -0.2) is 9.37 Å². The zero-order valence-corrected chi connectivity index (χ0v) is 13.3. The summed E-state index contributed by atoms with van der Waals surface area (Å²) < 4.78 is 20.7. The van der Waals surface area contributed by atoms with Gasteiger partial charge in [0.2, 0.25) is 5.13 Å². The molecule has 0 atom stereocenters. The van der Waals surface area contributed by atoms with Crippen LogP contribution in [0.2, 0.25) is 0 Å². The van der Waals surface area contributed by atoms with Gasteiger partial charge in [-0.05, 0) is 37.3 Å². The zero-order chi connectivity index (χ0) is 16.7. The van der Waals surface area contributed by atoms with Crippen LogP contribution in [0.4, 0.5) is 10.2 Å². The van der Waals surface area contributed by atoms with E-state index in [-0.39, 0.29) is 17.5 Å². The molecule has 0 radical (unpaired) electrons. The maximum atomic E-state index is 13.3. The van der Waals surface area contributed by atoms with Gasteiger partial charge in [0.05, 0.1) is 22.2 Å². The lowest BCUT2D eigenvalue weighted by Gasteiger charge is -2.04. The number of carbonyl (C=O) groups excluding carboxylic acids is 1.